The van der Waals surface area contributed by atoms with E-state index in [9.17, 15) is 4.79 Å². The van der Waals surface area contributed by atoms with Gasteiger partial charge in [-0.2, -0.15) is 0 Å². The lowest BCUT2D eigenvalue weighted by Crippen LogP contribution is -2.45. The Bertz CT molecular complexity index is 464. The van der Waals surface area contributed by atoms with Gasteiger partial charge in [-0.05, 0) is 44.4 Å². The minimum Gasteiger partial charge on any atom is -0.381 e. The van der Waals surface area contributed by atoms with Gasteiger partial charge in [0.15, 0.2) is 5.96 Å². The summed E-state index contributed by atoms with van der Waals surface area (Å²) >= 11 is 0. The average Bonchev–Trinajstić information content (AvgIpc) is 3.11. The van der Waals surface area contributed by atoms with Crippen LogP contribution in [-0.4, -0.2) is 62.7 Å². The molecule has 1 heterocycles. The Balaban J connectivity index is 0.00000243. The third-order valence-corrected chi connectivity index (χ3v) is 5.58. The van der Waals surface area contributed by atoms with Crippen molar-refractivity contribution in [2.75, 3.05) is 39.9 Å². The Morgan fingerprint density at radius 3 is 2.65 bits per heavy atom. The number of nitrogens with zero attached hydrogens (tertiary/aromatic N) is 2. The summed E-state index contributed by atoms with van der Waals surface area (Å²) in [6.45, 7) is 4.29. The lowest BCUT2D eigenvalue weighted by atomic mass is 10.1. The van der Waals surface area contributed by atoms with E-state index in [1.54, 1.807) is 7.05 Å². The van der Waals surface area contributed by atoms with Crippen LogP contribution in [0.4, 0.5) is 0 Å². The van der Waals surface area contributed by atoms with E-state index < -0.39 is 0 Å². The molecule has 150 valence electrons. The minimum atomic E-state index is 0. The molecular formula is C19H35IN4O2. The second-order valence-corrected chi connectivity index (χ2v) is 7.77. The summed E-state index contributed by atoms with van der Waals surface area (Å²) in [4.78, 5) is 18.9. The van der Waals surface area contributed by atoms with E-state index in [-0.39, 0.29) is 29.9 Å². The van der Waals surface area contributed by atoms with Gasteiger partial charge in [-0.1, -0.05) is 12.8 Å². The zero-order valence-electron chi connectivity index (χ0n) is 16.0. The second kappa shape index (κ2) is 11.3. The summed E-state index contributed by atoms with van der Waals surface area (Å²) in [6, 6.07) is 0.308. The number of hydrogen-bond acceptors (Lipinski definition) is 3. The fourth-order valence-electron chi connectivity index (χ4n) is 3.81. The molecule has 0 aromatic heterocycles. The van der Waals surface area contributed by atoms with Gasteiger partial charge in [0, 0.05) is 51.9 Å². The highest BCUT2D eigenvalue weighted by atomic mass is 127. The van der Waals surface area contributed by atoms with Crippen LogP contribution in [0.15, 0.2) is 4.99 Å². The molecule has 3 aliphatic rings. The van der Waals surface area contributed by atoms with E-state index in [1.807, 2.05) is 4.90 Å². The fourth-order valence-corrected chi connectivity index (χ4v) is 3.81. The molecule has 1 aliphatic heterocycles. The average molecular weight is 478 g/mol. The second-order valence-electron chi connectivity index (χ2n) is 7.77. The molecule has 2 N–H and O–H groups in total. The zero-order chi connectivity index (χ0) is 17.5. The maximum absolute atomic E-state index is 12.5. The van der Waals surface area contributed by atoms with Crippen molar-refractivity contribution < 1.29 is 9.53 Å². The van der Waals surface area contributed by atoms with Crippen molar-refractivity contribution in [3.8, 4) is 0 Å². The molecule has 3 rings (SSSR count). The highest BCUT2D eigenvalue weighted by molar-refractivity contribution is 14.0. The Morgan fingerprint density at radius 1 is 1.19 bits per heavy atom. The molecule has 1 atom stereocenters. The first kappa shape index (κ1) is 21.7. The van der Waals surface area contributed by atoms with E-state index in [2.05, 4.69) is 15.6 Å². The summed E-state index contributed by atoms with van der Waals surface area (Å²) in [5.74, 6) is 2.33. The van der Waals surface area contributed by atoms with Gasteiger partial charge in [0.25, 0.3) is 0 Å². The van der Waals surface area contributed by atoms with Gasteiger partial charge in [0.05, 0.1) is 0 Å². The molecule has 2 aliphatic carbocycles. The van der Waals surface area contributed by atoms with Crippen molar-refractivity contribution in [3.63, 3.8) is 0 Å². The Labute approximate surface area is 174 Å². The molecule has 0 aromatic rings. The van der Waals surface area contributed by atoms with Crippen LogP contribution in [0.5, 0.6) is 0 Å². The Morgan fingerprint density at radius 2 is 1.96 bits per heavy atom. The molecule has 1 amide bonds. The van der Waals surface area contributed by atoms with Crippen LogP contribution in [0.25, 0.3) is 0 Å². The molecule has 0 radical (unpaired) electrons. The summed E-state index contributed by atoms with van der Waals surface area (Å²) in [5, 5.41) is 6.82. The minimum absolute atomic E-state index is 0. The molecule has 26 heavy (non-hydrogen) atoms. The predicted molar refractivity (Wildman–Crippen MR) is 115 cm³/mol. The van der Waals surface area contributed by atoms with E-state index in [0.29, 0.717) is 11.9 Å². The summed E-state index contributed by atoms with van der Waals surface area (Å²) in [7, 11) is 1.80. The predicted octanol–water partition coefficient (Wildman–Crippen LogP) is 2.38. The molecule has 7 heteroatoms. The van der Waals surface area contributed by atoms with Crippen molar-refractivity contribution in [2.24, 2.45) is 16.8 Å². The van der Waals surface area contributed by atoms with Gasteiger partial charge in [-0.25, -0.2) is 0 Å². The van der Waals surface area contributed by atoms with E-state index in [0.717, 1.165) is 70.4 Å². The van der Waals surface area contributed by atoms with Crippen molar-refractivity contribution in [3.05, 3.63) is 0 Å². The van der Waals surface area contributed by atoms with Crippen molar-refractivity contribution >= 4 is 35.8 Å². The van der Waals surface area contributed by atoms with Crippen LogP contribution in [0, 0.1) is 11.8 Å². The summed E-state index contributed by atoms with van der Waals surface area (Å²) in [6.07, 6.45) is 9.28. The van der Waals surface area contributed by atoms with E-state index in [4.69, 9.17) is 4.74 Å². The first-order valence-corrected chi connectivity index (χ1v) is 10.1. The van der Waals surface area contributed by atoms with Crippen molar-refractivity contribution in [1.29, 1.82) is 0 Å². The molecule has 0 spiro atoms. The Hall–Kier alpha value is -0.570. The van der Waals surface area contributed by atoms with Gasteiger partial charge in [0.2, 0.25) is 5.91 Å². The van der Waals surface area contributed by atoms with Crippen LogP contribution >= 0.6 is 24.0 Å². The first-order valence-electron chi connectivity index (χ1n) is 10.1. The molecule has 0 bridgehead atoms. The number of aliphatic imine (C=N–C) groups is 1. The van der Waals surface area contributed by atoms with Gasteiger partial charge in [0.1, 0.15) is 0 Å². The number of ether oxygens (including phenoxy) is 1. The van der Waals surface area contributed by atoms with Crippen LogP contribution in [0.1, 0.15) is 51.4 Å². The summed E-state index contributed by atoms with van der Waals surface area (Å²) < 4.78 is 5.65. The topological polar surface area (TPSA) is 66.0 Å². The zero-order valence-corrected chi connectivity index (χ0v) is 18.4. The van der Waals surface area contributed by atoms with Crippen LogP contribution in [0.2, 0.25) is 0 Å². The molecule has 1 saturated heterocycles. The number of hydrogen-bond donors (Lipinski definition) is 2. The van der Waals surface area contributed by atoms with Crippen LogP contribution in [0.3, 0.4) is 0 Å². The van der Waals surface area contributed by atoms with E-state index >= 15 is 0 Å². The SMILES string of the molecule is CN=C(NCCCOCC1CC1)NC1CCN(C(=O)C2CCCC2)C1.I. The largest absolute Gasteiger partial charge is 0.381 e. The normalized spacial score (nSPS) is 23.8. The number of carbonyl (C=O) groups is 1. The van der Waals surface area contributed by atoms with Crippen LogP contribution in [-0.2, 0) is 9.53 Å². The first-order chi connectivity index (χ1) is 12.3. The maximum atomic E-state index is 12.5. The number of likely N-dealkylation sites (tertiary alicyclic amines) is 1. The quantitative estimate of drug-likeness (QED) is 0.243. The number of carbonyl (C=O) groups excluding carboxylic acids is 1. The van der Waals surface area contributed by atoms with Gasteiger partial charge < -0.3 is 20.3 Å². The smallest absolute Gasteiger partial charge is 0.225 e. The highest BCUT2D eigenvalue weighted by Crippen LogP contribution is 2.29. The van der Waals surface area contributed by atoms with Gasteiger partial charge in [-0.3, -0.25) is 9.79 Å². The number of rotatable bonds is 8. The fraction of sp³-hybridized carbons (Fsp3) is 0.895. The molecule has 1 unspecified atom stereocenters. The standard InChI is InChI=1S/C19H34N4O2.HI/c1-20-19(21-10-4-12-25-14-15-7-8-15)22-17-9-11-23(13-17)18(24)16-5-2-3-6-16;/h15-17H,2-14H2,1H3,(H2,20,21,22);1H. The summed E-state index contributed by atoms with van der Waals surface area (Å²) in [5.41, 5.74) is 0. The molecule has 6 nitrogen and oxygen atoms in total. The Kier molecular flexibility index (Phi) is 9.45. The molecule has 0 aromatic carbocycles. The number of amides is 1. The molecule has 3 fully saturated rings. The van der Waals surface area contributed by atoms with Crippen LogP contribution < -0.4 is 10.6 Å². The van der Waals surface area contributed by atoms with Gasteiger partial charge in [-0.15, -0.1) is 24.0 Å². The van der Waals surface area contributed by atoms with E-state index in [1.165, 1.54) is 25.7 Å². The van der Waals surface area contributed by atoms with Crippen molar-refractivity contribution in [1.82, 2.24) is 15.5 Å². The third kappa shape index (κ3) is 6.87. The lowest BCUT2D eigenvalue weighted by Gasteiger charge is -2.21. The maximum Gasteiger partial charge on any atom is 0.225 e. The molecular weight excluding hydrogens is 443 g/mol. The highest BCUT2D eigenvalue weighted by Gasteiger charge is 2.32. The third-order valence-electron chi connectivity index (χ3n) is 5.58. The number of nitrogens with one attached hydrogen (secondary N) is 2. The monoisotopic (exact) mass is 478 g/mol. The van der Waals surface area contributed by atoms with Crippen molar-refractivity contribution in [2.45, 2.75) is 57.4 Å². The number of guanidine groups is 1. The lowest BCUT2D eigenvalue weighted by molar-refractivity contribution is -0.134. The molecule has 2 saturated carbocycles. The van der Waals surface area contributed by atoms with Gasteiger partial charge >= 0.3 is 0 Å². The number of halogens is 1.